The van der Waals surface area contributed by atoms with Gasteiger partial charge < -0.3 is 15.7 Å². The molecule has 1 fully saturated rings. The highest BCUT2D eigenvalue weighted by Crippen LogP contribution is 2.22. The summed E-state index contributed by atoms with van der Waals surface area (Å²) < 4.78 is 0. The number of nitrogens with two attached hydrogens (primary N) is 1. The molecule has 2 rings (SSSR count). The number of carbonyl (C=O) groups is 2. The monoisotopic (exact) mass is 235 g/mol. The minimum Gasteiger partial charge on any atom is -0.481 e. The summed E-state index contributed by atoms with van der Waals surface area (Å²) in [5, 5.41) is 8.89. The Labute approximate surface area is 98.1 Å². The maximum atomic E-state index is 10.9. The van der Waals surface area contributed by atoms with Crippen LogP contribution >= 0.6 is 0 Å². The van der Waals surface area contributed by atoms with E-state index >= 15 is 0 Å². The quantitative estimate of drug-likeness (QED) is 0.774. The molecule has 0 bridgehead atoms. The molecule has 1 aromatic rings. The number of rotatable bonds is 3. The van der Waals surface area contributed by atoms with Gasteiger partial charge in [0.15, 0.2) is 0 Å². The van der Waals surface area contributed by atoms with E-state index in [1.807, 2.05) is 4.90 Å². The van der Waals surface area contributed by atoms with E-state index in [1.54, 1.807) is 12.1 Å². The van der Waals surface area contributed by atoms with Gasteiger partial charge in [0, 0.05) is 19.3 Å². The van der Waals surface area contributed by atoms with Gasteiger partial charge in [-0.05, 0) is 18.6 Å². The van der Waals surface area contributed by atoms with Crippen LogP contribution in [0.4, 0.5) is 5.82 Å². The van der Waals surface area contributed by atoms with Crippen LogP contribution < -0.4 is 10.6 Å². The van der Waals surface area contributed by atoms with Crippen molar-refractivity contribution in [2.75, 3.05) is 18.0 Å². The van der Waals surface area contributed by atoms with Crippen molar-refractivity contribution >= 4 is 17.7 Å². The molecule has 6 heteroatoms. The predicted octanol–water partition coefficient (Wildman–Crippen LogP) is 0.0914. The van der Waals surface area contributed by atoms with E-state index < -0.39 is 11.9 Å². The number of carboxylic acids is 1. The Hall–Kier alpha value is -2.11. The molecular weight excluding hydrogens is 222 g/mol. The first-order valence-electron chi connectivity index (χ1n) is 5.31. The van der Waals surface area contributed by atoms with Crippen LogP contribution in [0.5, 0.6) is 0 Å². The number of carbonyl (C=O) groups excluding carboxylic acids is 1. The predicted molar refractivity (Wildman–Crippen MR) is 60.7 cm³/mol. The van der Waals surface area contributed by atoms with Crippen LogP contribution in [-0.4, -0.2) is 35.1 Å². The lowest BCUT2D eigenvalue weighted by Crippen LogP contribution is -2.23. The normalized spacial score (nSPS) is 19.3. The number of amides is 1. The summed E-state index contributed by atoms with van der Waals surface area (Å²) in [5.74, 6) is -0.957. The molecule has 90 valence electrons. The van der Waals surface area contributed by atoms with Crippen LogP contribution in [0.1, 0.15) is 16.8 Å². The molecule has 6 nitrogen and oxygen atoms in total. The van der Waals surface area contributed by atoms with Gasteiger partial charge in [0.05, 0.1) is 11.5 Å². The van der Waals surface area contributed by atoms with Gasteiger partial charge in [-0.1, -0.05) is 0 Å². The summed E-state index contributed by atoms with van der Waals surface area (Å²) in [5.41, 5.74) is 5.46. The van der Waals surface area contributed by atoms with Gasteiger partial charge in [0.25, 0.3) is 0 Å². The van der Waals surface area contributed by atoms with E-state index in [-0.39, 0.29) is 5.92 Å². The number of nitrogens with zero attached hydrogens (tertiary/aromatic N) is 2. The molecule has 0 radical (unpaired) electrons. The topological polar surface area (TPSA) is 96.5 Å². The zero-order valence-electron chi connectivity index (χ0n) is 9.17. The molecule has 17 heavy (non-hydrogen) atoms. The number of anilines is 1. The van der Waals surface area contributed by atoms with E-state index in [0.29, 0.717) is 30.9 Å². The largest absolute Gasteiger partial charge is 0.481 e. The first kappa shape index (κ1) is 11.4. The van der Waals surface area contributed by atoms with Gasteiger partial charge in [0.2, 0.25) is 5.91 Å². The Morgan fingerprint density at radius 3 is 2.71 bits per heavy atom. The maximum Gasteiger partial charge on any atom is 0.308 e. The van der Waals surface area contributed by atoms with Crippen molar-refractivity contribution in [3.8, 4) is 0 Å². The highest BCUT2D eigenvalue weighted by molar-refractivity contribution is 5.92. The van der Waals surface area contributed by atoms with E-state index in [9.17, 15) is 9.59 Å². The van der Waals surface area contributed by atoms with Crippen LogP contribution in [0.25, 0.3) is 0 Å². The van der Waals surface area contributed by atoms with Crippen LogP contribution in [0.15, 0.2) is 18.3 Å². The molecule has 1 aromatic heterocycles. The van der Waals surface area contributed by atoms with Crippen molar-refractivity contribution in [2.24, 2.45) is 11.7 Å². The Balaban J connectivity index is 2.09. The van der Waals surface area contributed by atoms with Gasteiger partial charge >= 0.3 is 5.97 Å². The number of primary amides is 1. The number of hydrogen-bond acceptors (Lipinski definition) is 4. The Morgan fingerprint density at radius 1 is 1.47 bits per heavy atom. The molecule has 1 aliphatic rings. The first-order chi connectivity index (χ1) is 8.08. The summed E-state index contributed by atoms with van der Waals surface area (Å²) >= 11 is 0. The highest BCUT2D eigenvalue weighted by atomic mass is 16.4. The lowest BCUT2D eigenvalue weighted by Gasteiger charge is -2.16. The fraction of sp³-hybridized carbons (Fsp3) is 0.364. The summed E-state index contributed by atoms with van der Waals surface area (Å²) in [6, 6.07) is 3.28. The summed E-state index contributed by atoms with van der Waals surface area (Å²) in [4.78, 5) is 27.7. The average molecular weight is 235 g/mol. The van der Waals surface area contributed by atoms with Crippen molar-refractivity contribution in [2.45, 2.75) is 6.42 Å². The lowest BCUT2D eigenvalue weighted by atomic mass is 10.1. The number of carboxylic acid groups (broad SMARTS) is 1. The standard InChI is InChI=1S/C11H13N3O3/c12-10(15)7-1-2-9(13-5-7)14-4-3-8(6-14)11(16)17/h1-2,5,8H,3-4,6H2,(H2,12,15)(H,16,17). The molecule has 1 atom stereocenters. The number of hydrogen-bond donors (Lipinski definition) is 2. The SMILES string of the molecule is NC(=O)c1ccc(N2CCC(C(=O)O)C2)nc1. The fourth-order valence-electron chi connectivity index (χ4n) is 1.89. The van der Waals surface area contributed by atoms with Gasteiger partial charge in [-0.15, -0.1) is 0 Å². The molecule has 1 saturated heterocycles. The molecule has 1 aliphatic heterocycles. The van der Waals surface area contributed by atoms with Gasteiger partial charge in [-0.25, -0.2) is 4.98 Å². The fourth-order valence-corrected chi connectivity index (χ4v) is 1.89. The van der Waals surface area contributed by atoms with Crippen LogP contribution in [0.2, 0.25) is 0 Å². The van der Waals surface area contributed by atoms with E-state index in [4.69, 9.17) is 10.8 Å². The first-order valence-corrected chi connectivity index (χ1v) is 5.31. The van der Waals surface area contributed by atoms with Gasteiger partial charge in [-0.2, -0.15) is 0 Å². The molecular formula is C11H13N3O3. The smallest absolute Gasteiger partial charge is 0.308 e. The number of aromatic nitrogens is 1. The summed E-state index contributed by atoms with van der Waals surface area (Å²) in [6.45, 7) is 1.12. The highest BCUT2D eigenvalue weighted by Gasteiger charge is 2.28. The Kier molecular flexibility index (Phi) is 2.95. The second-order valence-electron chi connectivity index (χ2n) is 4.04. The van der Waals surface area contributed by atoms with Crippen molar-refractivity contribution in [3.05, 3.63) is 23.9 Å². The molecule has 0 saturated carbocycles. The van der Waals surface area contributed by atoms with Gasteiger partial charge in [-0.3, -0.25) is 9.59 Å². The zero-order valence-corrected chi connectivity index (χ0v) is 9.17. The van der Waals surface area contributed by atoms with Crippen molar-refractivity contribution in [1.82, 2.24) is 4.98 Å². The molecule has 0 aliphatic carbocycles. The third kappa shape index (κ3) is 2.35. The summed E-state index contributed by atoms with van der Waals surface area (Å²) in [6.07, 6.45) is 2.03. The minimum absolute atomic E-state index is 0.340. The maximum absolute atomic E-state index is 10.9. The van der Waals surface area contributed by atoms with Crippen molar-refractivity contribution < 1.29 is 14.7 Å². The Morgan fingerprint density at radius 2 is 2.24 bits per heavy atom. The van der Waals surface area contributed by atoms with Crippen LogP contribution in [0.3, 0.4) is 0 Å². The van der Waals surface area contributed by atoms with E-state index in [1.165, 1.54) is 6.20 Å². The van der Waals surface area contributed by atoms with Crippen molar-refractivity contribution in [3.63, 3.8) is 0 Å². The average Bonchev–Trinajstić information content (AvgIpc) is 2.78. The van der Waals surface area contributed by atoms with Crippen LogP contribution in [-0.2, 0) is 4.79 Å². The molecule has 3 N–H and O–H groups in total. The number of pyridine rings is 1. The van der Waals surface area contributed by atoms with Gasteiger partial charge in [0.1, 0.15) is 5.82 Å². The second kappa shape index (κ2) is 4.40. The summed E-state index contributed by atoms with van der Waals surface area (Å²) in [7, 11) is 0. The zero-order chi connectivity index (χ0) is 12.4. The molecule has 1 unspecified atom stereocenters. The lowest BCUT2D eigenvalue weighted by molar-refractivity contribution is -0.140. The molecule has 0 spiro atoms. The van der Waals surface area contributed by atoms with E-state index in [0.717, 1.165) is 0 Å². The van der Waals surface area contributed by atoms with E-state index in [2.05, 4.69) is 4.98 Å². The third-order valence-corrected chi connectivity index (χ3v) is 2.89. The Bertz CT molecular complexity index is 444. The minimum atomic E-state index is -0.777. The van der Waals surface area contributed by atoms with Crippen LogP contribution in [0, 0.1) is 5.92 Å². The molecule has 1 amide bonds. The molecule has 2 heterocycles. The number of aliphatic carboxylic acids is 1. The molecule has 0 aromatic carbocycles. The third-order valence-electron chi connectivity index (χ3n) is 2.89. The second-order valence-corrected chi connectivity index (χ2v) is 4.04. The van der Waals surface area contributed by atoms with Crippen molar-refractivity contribution in [1.29, 1.82) is 0 Å².